The average molecular weight is 214 g/mol. The number of hydrogen-bond acceptors (Lipinski definition) is 2. The summed E-state index contributed by atoms with van der Waals surface area (Å²) in [7, 11) is 0. The van der Waals surface area contributed by atoms with Crippen molar-refractivity contribution in [3.8, 4) is 0 Å². The first kappa shape index (κ1) is 13.9. The molecule has 15 heavy (non-hydrogen) atoms. The Balaban J connectivity index is 3.66. The maximum Gasteiger partial charge on any atom is 0.220 e. The topological polar surface area (TPSA) is 58.2 Å². The molecular weight excluding hydrogens is 192 g/mol. The second kappa shape index (κ2) is 7.26. The summed E-state index contributed by atoms with van der Waals surface area (Å²) in [6.07, 6.45) is 2.08. The molecule has 0 aliphatic carbocycles. The number of nitrogens with one attached hydrogen (secondary N) is 2. The van der Waals surface area contributed by atoms with Crippen molar-refractivity contribution in [1.29, 1.82) is 0 Å². The lowest BCUT2D eigenvalue weighted by Crippen LogP contribution is -2.35. The second-order valence-corrected chi connectivity index (χ2v) is 4.02. The summed E-state index contributed by atoms with van der Waals surface area (Å²) < 4.78 is 0. The number of amides is 2. The van der Waals surface area contributed by atoms with Gasteiger partial charge in [0, 0.05) is 25.4 Å². The molecule has 0 aliphatic rings. The van der Waals surface area contributed by atoms with Crippen LogP contribution in [0, 0.1) is 0 Å². The first-order valence-corrected chi connectivity index (χ1v) is 5.52. The molecule has 0 radical (unpaired) electrons. The predicted molar refractivity (Wildman–Crippen MR) is 60.4 cm³/mol. The molecule has 0 saturated carbocycles. The van der Waals surface area contributed by atoms with Gasteiger partial charge in [0.15, 0.2) is 0 Å². The van der Waals surface area contributed by atoms with Crippen LogP contribution in [-0.2, 0) is 9.59 Å². The molecule has 0 bridgehead atoms. The van der Waals surface area contributed by atoms with Gasteiger partial charge >= 0.3 is 0 Å². The molecule has 4 heteroatoms. The number of carbonyl (C=O) groups excluding carboxylic acids is 2. The Kier molecular flexibility index (Phi) is 6.75. The standard InChI is InChI=1S/C11H22N2O2/c1-5-8(2)13-11(15)7-6-9(3)12-10(4)14/h8-9H,5-7H2,1-4H3,(H,12,14)(H,13,15). The molecule has 2 N–H and O–H groups in total. The van der Waals surface area contributed by atoms with Crippen molar-refractivity contribution in [3.63, 3.8) is 0 Å². The number of hydrogen-bond donors (Lipinski definition) is 2. The Bertz CT molecular complexity index is 217. The van der Waals surface area contributed by atoms with Crippen LogP contribution >= 0.6 is 0 Å². The maximum atomic E-state index is 11.4. The maximum absolute atomic E-state index is 11.4. The molecule has 0 aromatic rings. The molecule has 2 amide bonds. The summed E-state index contributed by atoms with van der Waals surface area (Å²) in [6.45, 7) is 7.40. The molecule has 0 aliphatic heterocycles. The molecule has 0 spiro atoms. The van der Waals surface area contributed by atoms with E-state index < -0.39 is 0 Å². The Labute approximate surface area is 91.8 Å². The smallest absolute Gasteiger partial charge is 0.220 e. The summed E-state index contributed by atoms with van der Waals surface area (Å²) in [5, 5.41) is 5.63. The molecular formula is C11H22N2O2. The van der Waals surface area contributed by atoms with Crippen LogP contribution < -0.4 is 10.6 Å². The summed E-state index contributed by atoms with van der Waals surface area (Å²) in [5.41, 5.74) is 0. The SMILES string of the molecule is CCC(C)NC(=O)CCC(C)NC(C)=O. The molecule has 4 nitrogen and oxygen atoms in total. The van der Waals surface area contributed by atoms with E-state index in [9.17, 15) is 9.59 Å². The Hall–Kier alpha value is -1.06. The molecule has 0 saturated heterocycles. The Morgan fingerprint density at radius 1 is 1.13 bits per heavy atom. The van der Waals surface area contributed by atoms with Gasteiger partial charge in [0.25, 0.3) is 0 Å². The van der Waals surface area contributed by atoms with Crippen LogP contribution in [0.15, 0.2) is 0 Å². The van der Waals surface area contributed by atoms with Gasteiger partial charge in [-0.25, -0.2) is 0 Å². The Morgan fingerprint density at radius 3 is 2.20 bits per heavy atom. The van der Waals surface area contributed by atoms with E-state index in [4.69, 9.17) is 0 Å². The van der Waals surface area contributed by atoms with E-state index in [0.29, 0.717) is 12.8 Å². The van der Waals surface area contributed by atoms with Gasteiger partial charge in [-0.1, -0.05) is 6.92 Å². The number of rotatable bonds is 6. The predicted octanol–water partition coefficient (Wildman–Crippen LogP) is 1.21. The number of carbonyl (C=O) groups is 2. The van der Waals surface area contributed by atoms with Gasteiger partial charge in [-0.3, -0.25) is 9.59 Å². The summed E-state index contributed by atoms with van der Waals surface area (Å²) in [5.74, 6) is 0.00591. The lowest BCUT2D eigenvalue weighted by Gasteiger charge is -2.14. The molecule has 2 atom stereocenters. The van der Waals surface area contributed by atoms with Gasteiger partial charge in [-0.2, -0.15) is 0 Å². The lowest BCUT2D eigenvalue weighted by molar-refractivity contribution is -0.123. The van der Waals surface area contributed by atoms with Crippen LogP contribution in [0.2, 0.25) is 0 Å². The van der Waals surface area contributed by atoms with Crippen molar-refractivity contribution >= 4 is 11.8 Å². The minimum absolute atomic E-state index is 0.0511. The van der Waals surface area contributed by atoms with E-state index in [1.165, 1.54) is 6.92 Å². The minimum Gasteiger partial charge on any atom is -0.354 e. The van der Waals surface area contributed by atoms with E-state index in [1.807, 2.05) is 20.8 Å². The molecule has 0 fully saturated rings. The van der Waals surface area contributed by atoms with Crippen LogP contribution in [0.25, 0.3) is 0 Å². The van der Waals surface area contributed by atoms with Crippen LogP contribution in [0.3, 0.4) is 0 Å². The lowest BCUT2D eigenvalue weighted by atomic mass is 10.1. The van der Waals surface area contributed by atoms with E-state index in [2.05, 4.69) is 10.6 Å². The first-order chi connectivity index (χ1) is 6.95. The normalized spacial score (nSPS) is 14.1. The fourth-order valence-electron chi connectivity index (χ4n) is 1.22. The minimum atomic E-state index is -0.0511. The molecule has 0 aromatic carbocycles. The van der Waals surface area contributed by atoms with Gasteiger partial charge in [0.05, 0.1) is 0 Å². The third-order valence-corrected chi connectivity index (χ3v) is 2.27. The van der Waals surface area contributed by atoms with E-state index in [0.717, 1.165) is 6.42 Å². The first-order valence-electron chi connectivity index (χ1n) is 5.52. The monoisotopic (exact) mass is 214 g/mol. The highest BCUT2D eigenvalue weighted by molar-refractivity contribution is 5.76. The van der Waals surface area contributed by atoms with Crippen LogP contribution in [0.5, 0.6) is 0 Å². The van der Waals surface area contributed by atoms with E-state index >= 15 is 0 Å². The zero-order chi connectivity index (χ0) is 11.8. The van der Waals surface area contributed by atoms with Gasteiger partial charge in [-0.05, 0) is 26.7 Å². The van der Waals surface area contributed by atoms with Gasteiger partial charge in [-0.15, -0.1) is 0 Å². The fraction of sp³-hybridized carbons (Fsp3) is 0.818. The fourth-order valence-corrected chi connectivity index (χ4v) is 1.22. The largest absolute Gasteiger partial charge is 0.354 e. The average Bonchev–Trinajstić information content (AvgIpc) is 2.13. The highest BCUT2D eigenvalue weighted by atomic mass is 16.2. The van der Waals surface area contributed by atoms with Crippen molar-refractivity contribution < 1.29 is 9.59 Å². The molecule has 0 rings (SSSR count). The van der Waals surface area contributed by atoms with Crippen LogP contribution in [-0.4, -0.2) is 23.9 Å². The quantitative estimate of drug-likeness (QED) is 0.698. The van der Waals surface area contributed by atoms with Crippen LogP contribution in [0.4, 0.5) is 0 Å². The highest BCUT2D eigenvalue weighted by Crippen LogP contribution is 1.98. The van der Waals surface area contributed by atoms with Crippen molar-refractivity contribution in [2.45, 2.75) is 59.0 Å². The molecule has 0 aromatic heterocycles. The highest BCUT2D eigenvalue weighted by Gasteiger charge is 2.08. The van der Waals surface area contributed by atoms with E-state index in [1.54, 1.807) is 0 Å². The van der Waals surface area contributed by atoms with Crippen molar-refractivity contribution in [3.05, 3.63) is 0 Å². The molecule has 2 unspecified atom stereocenters. The van der Waals surface area contributed by atoms with Crippen molar-refractivity contribution in [1.82, 2.24) is 10.6 Å². The van der Waals surface area contributed by atoms with Gasteiger partial charge in [0.1, 0.15) is 0 Å². The third-order valence-electron chi connectivity index (χ3n) is 2.27. The van der Waals surface area contributed by atoms with Crippen molar-refractivity contribution in [2.24, 2.45) is 0 Å². The molecule has 88 valence electrons. The molecule has 0 heterocycles. The summed E-state index contributed by atoms with van der Waals surface area (Å²) in [4.78, 5) is 22.1. The Morgan fingerprint density at radius 2 is 1.73 bits per heavy atom. The van der Waals surface area contributed by atoms with Gasteiger partial charge < -0.3 is 10.6 Å². The zero-order valence-electron chi connectivity index (χ0n) is 10.1. The van der Waals surface area contributed by atoms with E-state index in [-0.39, 0.29) is 23.9 Å². The summed E-state index contributed by atoms with van der Waals surface area (Å²) in [6, 6.07) is 0.291. The van der Waals surface area contributed by atoms with Crippen molar-refractivity contribution in [2.75, 3.05) is 0 Å². The van der Waals surface area contributed by atoms with Crippen LogP contribution in [0.1, 0.15) is 47.0 Å². The zero-order valence-corrected chi connectivity index (χ0v) is 10.1. The second-order valence-electron chi connectivity index (χ2n) is 4.02. The summed E-state index contributed by atoms with van der Waals surface area (Å²) >= 11 is 0. The third kappa shape index (κ3) is 7.97. The van der Waals surface area contributed by atoms with Gasteiger partial charge in [0.2, 0.25) is 11.8 Å².